The number of unbranched alkanes of at least 4 members (excludes halogenated alkanes) is 2. The van der Waals surface area contributed by atoms with Gasteiger partial charge in [0.2, 0.25) is 11.8 Å². The maximum Gasteiger partial charge on any atom is 0.253 e. The summed E-state index contributed by atoms with van der Waals surface area (Å²) in [5.74, 6) is -1.00. The summed E-state index contributed by atoms with van der Waals surface area (Å²) < 4.78 is 0. The van der Waals surface area contributed by atoms with Gasteiger partial charge in [0.1, 0.15) is 6.04 Å². The molecule has 142 valence electrons. The van der Waals surface area contributed by atoms with Crippen LogP contribution in [0.3, 0.4) is 0 Å². The number of aliphatic hydroxyl groups excluding tert-OH is 1. The van der Waals surface area contributed by atoms with Gasteiger partial charge in [-0.05, 0) is 25.0 Å². The fraction of sp³-hybridized carbons (Fsp3) is 0.526. The van der Waals surface area contributed by atoms with Crippen LogP contribution in [0, 0.1) is 0 Å². The maximum atomic E-state index is 12.4. The minimum atomic E-state index is -0.777. The fourth-order valence-corrected chi connectivity index (χ4v) is 2.90. The van der Waals surface area contributed by atoms with Gasteiger partial charge in [-0.15, -0.1) is 0 Å². The Morgan fingerprint density at radius 1 is 1.23 bits per heavy atom. The van der Waals surface area contributed by atoms with Crippen molar-refractivity contribution in [1.29, 1.82) is 0 Å². The van der Waals surface area contributed by atoms with Gasteiger partial charge in [-0.3, -0.25) is 19.8 Å². The first kappa shape index (κ1) is 20.1. The minimum absolute atomic E-state index is 0.00630. The zero-order valence-corrected chi connectivity index (χ0v) is 15.1. The van der Waals surface area contributed by atoms with E-state index >= 15 is 0 Å². The van der Waals surface area contributed by atoms with Gasteiger partial charge >= 0.3 is 0 Å². The minimum Gasteiger partial charge on any atom is -0.393 e. The predicted molar refractivity (Wildman–Crippen MR) is 98.0 cm³/mol. The second-order valence-corrected chi connectivity index (χ2v) is 6.54. The van der Waals surface area contributed by atoms with Crippen LogP contribution in [0.5, 0.6) is 0 Å². The normalized spacial score (nSPS) is 18.2. The van der Waals surface area contributed by atoms with Crippen molar-refractivity contribution >= 4 is 23.4 Å². The Hall–Kier alpha value is -2.25. The first-order chi connectivity index (χ1) is 12.5. The van der Waals surface area contributed by atoms with E-state index < -0.39 is 12.1 Å². The van der Waals surface area contributed by atoms with E-state index in [9.17, 15) is 19.5 Å². The molecule has 0 aromatic heterocycles. The van der Waals surface area contributed by atoms with Gasteiger partial charge in [-0.2, -0.15) is 0 Å². The molecular formula is C19H27N3O4. The summed E-state index contributed by atoms with van der Waals surface area (Å²) >= 11 is 0. The lowest BCUT2D eigenvalue weighted by molar-refractivity contribution is -0.123. The number of nitrogens with zero attached hydrogens (tertiary/aromatic N) is 1. The third kappa shape index (κ3) is 5.64. The highest BCUT2D eigenvalue weighted by Gasteiger charge is 2.39. The second-order valence-electron chi connectivity index (χ2n) is 6.54. The van der Waals surface area contributed by atoms with Crippen LogP contribution in [0.4, 0.5) is 5.69 Å². The lowest BCUT2D eigenvalue weighted by Crippen LogP contribution is -2.48. The van der Waals surface area contributed by atoms with Gasteiger partial charge in [0.15, 0.2) is 0 Å². The van der Waals surface area contributed by atoms with Crippen LogP contribution in [-0.2, 0) is 14.4 Å². The Kier molecular flexibility index (Phi) is 7.74. The van der Waals surface area contributed by atoms with E-state index in [0.717, 1.165) is 24.2 Å². The van der Waals surface area contributed by atoms with Crippen molar-refractivity contribution in [2.75, 3.05) is 4.90 Å². The van der Waals surface area contributed by atoms with E-state index in [4.69, 9.17) is 0 Å². The summed E-state index contributed by atoms with van der Waals surface area (Å²) in [6.07, 6.45) is 3.85. The van der Waals surface area contributed by atoms with Crippen molar-refractivity contribution in [3.8, 4) is 0 Å². The molecule has 1 aromatic carbocycles. The highest BCUT2D eigenvalue weighted by Crippen LogP contribution is 2.22. The first-order valence-electron chi connectivity index (χ1n) is 9.17. The van der Waals surface area contributed by atoms with Crippen molar-refractivity contribution in [3.63, 3.8) is 0 Å². The van der Waals surface area contributed by atoms with Gasteiger partial charge in [-0.1, -0.05) is 44.4 Å². The first-order valence-corrected chi connectivity index (χ1v) is 9.17. The highest BCUT2D eigenvalue weighted by molar-refractivity contribution is 6.22. The van der Waals surface area contributed by atoms with E-state index in [2.05, 4.69) is 17.8 Å². The molecule has 0 spiro atoms. The molecule has 1 heterocycles. The van der Waals surface area contributed by atoms with Gasteiger partial charge in [0, 0.05) is 6.42 Å². The molecule has 7 nitrogen and oxygen atoms in total. The predicted octanol–water partition coefficient (Wildman–Crippen LogP) is 1.66. The molecular weight excluding hydrogens is 334 g/mol. The monoisotopic (exact) mass is 361 g/mol. The fourth-order valence-electron chi connectivity index (χ4n) is 2.90. The maximum absolute atomic E-state index is 12.4. The zero-order chi connectivity index (χ0) is 18.9. The van der Waals surface area contributed by atoms with Crippen molar-refractivity contribution in [2.45, 2.75) is 64.0 Å². The van der Waals surface area contributed by atoms with E-state index in [0.29, 0.717) is 18.5 Å². The molecule has 3 amide bonds. The topological polar surface area (TPSA) is 98.7 Å². The molecule has 1 aliphatic heterocycles. The Balaban J connectivity index is 1.75. The lowest BCUT2D eigenvalue weighted by atomic mass is 10.1. The molecule has 0 bridgehead atoms. The zero-order valence-electron chi connectivity index (χ0n) is 15.1. The molecule has 0 unspecified atom stereocenters. The molecule has 0 aliphatic carbocycles. The summed E-state index contributed by atoms with van der Waals surface area (Å²) in [4.78, 5) is 37.5. The molecule has 2 rings (SSSR count). The van der Waals surface area contributed by atoms with Crippen molar-refractivity contribution in [1.82, 2.24) is 10.9 Å². The number of rotatable bonds is 10. The van der Waals surface area contributed by atoms with Crippen molar-refractivity contribution < 1.29 is 19.5 Å². The Morgan fingerprint density at radius 2 is 1.96 bits per heavy atom. The summed E-state index contributed by atoms with van der Waals surface area (Å²) in [5, 5.41) is 9.84. The average Bonchev–Trinajstić information content (AvgIpc) is 2.92. The number of imide groups is 1. The number of hydrazine groups is 1. The van der Waals surface area contributed by atoms with Crippen molar-refractivity contribution in [3.05, 3.63) is 30.3 Å². The number of hydrogen-bond acceptors (Lipinski definition) is 5. The Morgan fingerprint density at radius 3 is 2.65 bits per heavy atom. The highest BCUT2D eigenvalue weighted by atomic mass is 16.3. The number of benzene rings is 1. The Labute approximate surface area is 153 Å². The Bertz CT molecular complexity index is 620. The molecule has 0 saturated carbocycles. The third-order valence-corrected chi connectivity index (χ3v) is 4.39. The van der Waals surface area contributed by atoms with Crippen LogP contribution in [0.2, 0.25) is 0 Å². The molecule has 3 N–H and O–H groups in total. The smallest absolute Gasteiger partial charge is 0.253 e. The van der Waals surface area contributed by atoms with Crippen LogP contribution in [0.15, 0.2) is 30.3 Å². The number of aliphatic hydroxyl groups is 1. The molecule has 2 atom stereocenters. The van der Waals surface area contributed by atoms with Gasteiger partial charge in [-0.25, -0.2) is 10.3 Å². The summed E-state index contributed by atoms with van der Waals surface area (Å²) in [5.41, 5.74) is 5.64. The van der Waals surface area contributed by atoms with E-state index in [1.54, 1.807) is 30.3 Å². The van der Waals surface area contributed by atoms with Crippen molar-refractivity contribution in [2.24, 2.45) is 0 Å². The van der Waals surface area contributed by atoms with Gasteiger partial charge in [0.25, 0.3) is 5.91 Å². The quantitative estimate of drug-likeness (QED) is 0.334. The number of carbonyl (C=O) groups excluding carboxylic acids is 3. The lowest BCUT2D eigenvalue weighted by Gasteiger charge is -2.16. The average molecular weight is 361 g/mol. The number of para-hydroxylation sites is 1. The molecule has 7 heteroatoms. The van der Waals surface area contributed by atoms with Crippen LogP contribution >= 0.6 is 0 Å². The number of hydrogen-bond donors (Lipinski definition) is 3. The van der Waals surface area contributed by atoms with Crippen LogP contribution in [0.1, 0.15) is 51.9 Å². The second kappa shape index (κ2) is 10.0. The van der Waals surface area contributed by atoms with E-state index in [1.807, 2.05) is 0 Å². The van der Waals surface area contributed by atoms with Crippen LogP contribution < -0.4 is 15.8 Å². The number of amides is 3. The number of anilines is 1. The summed E-state index contributed by atoms with van der Waals surface area (Å²) in [6.45, 7) is 2.10. The van der Waals surface area contributed by atoms with Crippen LogP contribution in [-0.4, -0.2) is 35.0 Å². The number of nitrogens with one attached hydrogen (secondary N) is 2. The molecule has 0 radical (unpaired) electrons. The van der Waals surface area contributed by atoms with Gasteiger partial charge in [0.05, 0.1) is 18.2 Å². The third-order valence-electron chi connectivity index (χ3n) is 4.39. The van der Waals surface area contributed by atoms with E-state index in [-0.39, 0.29) is 30.6 Å². The number of carbonyl (C=O) groups is 3. The molecule has 26 heavy (non-hydrogen) atoms. The molecule has 1 aromatic rings. The largest absolute Gasteiger partial charge is 0.393 e. The SMILES string of the molecule is CCCCC[C@H](O)CCC(=O)NN[C@@H]1CC(=O)N(c2ccccc2)C1=O. The molecule has 1 fully saturated rings. The summed E-state index contributed by atoms with van der Waals surface area (Å²) in [7, 11) is 0. The standard InChI is InChI=1S/C19H27N3O4/c1-2-3-5-10-15(23)11-12-17(24)21-20-16-13-18(25)22(19(16)26)14-8-6-4-7-9-14/h4,6-9,15-16,20,23H,2-3,5,10-13H2,1H3,(H,21,24)/t15-,16+/m0/s1. The van der Waals surface area contributed by atoms with E-state index in [1.165, 1.54) is 0 Å². The summed E-state index contributed by atoms with van der Waals surface area (Å²) in [6, 6.07) is 7.92. The molecule has 1 saturated heterocycles. The van der Waals surface area contributed by atoms with Crippen LogP contribution in [0.25, 0.3) is 0 Å². The molecule has 1 aliphatic rings. The van der Waals surface area contributed by atoms with Gasteiger partial charge < -0.3 is 5.11 Å².